The minimum atomic E-state index is -1.81. The number of dihydropyridines is 1. The van der Waals surface area contributed by atoms with Gasteiger partial charge in [-0.25, -0.2) is 9.18 Å². The minimum absolute atomic E-state index is 0.0585. The van der Waals surface area contributed by atoms with Gasteiger partial charge in [0.1, 0.15) is 0 Å². The standard InChI is InChI=1S/C14H13Cl2FN2O3/c1-21-11-8(15)4-3-7(10(11)17)14(13(20)22-2)12(16)9(18)5-6-19-14/h3-6,19H,18H2,1-2H3. The van der Waals surface area contributed by atoms with Crippen LogP contribution < -0.4 is 15.8 Å². The average Bonchev–Trinajstić information content (AvgIpc) is 2.50. The Morgan fingerprint density at radius 3 is 2.64 bits per heavy atom. The number of carbonyl (C=O) groups is 1. The summed E-state index contributed by atoms with van der Waals surface area (Å²) in [5.74, 6) is -1.87. The summed E-state index contributed by atoms with van der Waals surface area (Å²) in [4.78, 5) is 12.3. The van der Waals surface area contributed by atoms with Crippen molar-refractivity contribution >= 4 is 29.2 Å². The Morgan fingerprint density at radius 1 is 1.36 bits per heavy atom. The van der Waals surface area contributed by atoms with Gasteiger partial charge < -0.3 is 20.5 Å². The number of rotatable bonds is 3. The number of halogens is 3. The third-order valence-corrected chi connectivity index (χ3v) is 4.09. The van der Waals surface area contributed by atoms with Crippen LogP contribution in [0.25, 0.3) is 0 Å². The van der Waals surface area contributed by atoms with Crippen LogP contribution in [0.15, 0.2) is 35.1 Å². The van der Waals surface area contributed by atoms with Crippen LogP contribution in [-0.2, 0) is 15.1 Å². The summed E-state index contributed by atoms with van der Waals surface area (Å²) in [5.41, 5.74) is 3.96. The summed E-state index contributed by atoms with van der Waals surface area (Å²) in [7, 11) is 2.42. The summed E-state index contributed by atoms with van der Waals surface area (Å²) in [6.45, 7) is 0. The van der Waals surface area contributed by atoms with Gasteiger partial charge in [0.15, 0.2) is 11.6 Å². The number of hydrogen-bond donors (Lipinski definition) is 2. The number of allylic oxidation sites excluding steroid dienone is 1. The lowest BCUT2D eigenvalue weighted by Crippen LogP contribution is -2.51. The Labute approximate surface area is 136 Å². The Hall–Kier alpha value is -1.92. The summed E-state index contributed by atoms with van der Waals surface area (Å²) in [5, 5.41) is 2.68. The molecule has 1 aliphatic heterocycles. The summed E-state index contributed by atoms with van der Waals surface area (Å²) >= 11 is 12.1. The number of methoxy groups -OCH3 is 2. The Morgan fingerprint density at radius 2 is 2.05 bits per heavy atom. The first-order valence-corrected chi connectivity index (χ1v) is 6.86. The van der Waals surface area contributed by atoms with Crippen LogP contribution >= 0.6 is 23.2 Å². The molecule has 8 heteroatoms. The quantitative estimate of drug-likeness (QED) is 0.822. The van der Waals surface area contributed by atoms with Crippen molar-refractivity contribution in [3.63, 3.8) is 0 Å². The van der Waals surface area contributed by atoms with Crippen LogP contribution in [0.5, 0.6) is 5.75 Å². The zero-order valence-electron chi connectivity index (χ0n) is 11.7. The first-order valence-electron chi connectivity index (χ1n) is 6.11. The molecule has 0 fully saturated rings. The minimum Gasteiger partial charge on any atom is -0.492 e. The van der Waals surface area contributed by atoms with Crippen molar-refractivity contribution in [3.05, 3.63) is 51.5 Å². The van der Waals surface area contributed by atoms with E-state index in [1.807, 2.05) is 0 Å². The molecule has 22 heavy (non-hydrogen) atoms. The number of carbonyl (C=O) groups excluding carboxylic acids is 1. The normalized spacial score (nSPS) is 20.6. The second-order valence-corrected chi connectivity index (χ2v) is 5.22. The summed E-state index contributed by atoms with van der Waals surface area (Å²) in [6.07, 6.45) is 2.84. The highest BCUT2D eigenvalue weighted by Gasteiger charge is 2.49. The van der Waals surface area contributed by atoms with Gasteiger partial charge in [-0.3, -0.25) is 0 Å². The molecular formula is C14H13Cl2FN2O3. The third-order valence-electron chi connectivity index (χ3n) is 3.29. The lowest BCUT2D eigenvalue weighted by molar-refractivity contribution is -0.146. The number of esters is 1. The van der Waals surface area contributed by atoms with Gasteiger partial charge >= 0.3 is 5.97 Å². The topological polar surface area (TPSA) is 73.6 Å². The van der Waals surface area contributed by atoms with Gasteiger partial charge in [0.05, 0.1) is 30.0 Å². The molecule has 0 saturated carbocycles. The number of benzene rings is 1. The fraction of sp³-hybridized carbons (Fsp3) is 0.214. The SMILES string of the molecule is COC(=O)C1(c2ccc(Cl)c(OC)c2F)NC=CC(N)=C1Cl. The van der Waals surface area contributed by atoms with Crippen molar-refractivity contribution in [1.82, 2.24) is 5.32 Å². The predicted molar refractivity (Wildman–Crippen MR) is 81.0 cm³/mol. The van der Waals surface area contributed by atoms with Crippen molar-refractivity contribution in [1.29, 1.82) is 0 Å². The van der Waals surface area contributed by atoms with Crippen LogP contribution in [-0.4, -0.2) is 20.2 Å². The van der Waals surface area contributed by atoms with Crippen molar-refractivity contribution in [2.75, 3.05) is 14.2 Å². The molecule has 0 saturated heterocycles. The Bertz CT molecular complexity index is 691. The molecular weight excluding hydrogens is 334 g/mol. The van der Waals surface area contributed by atoms with E-state index in [0.717, 1.165) is 7.11 Å². The molecule has 1 heterocycles. The van der Waals surface area contributed by atoms with Crippen molar-refractivity contribution in [3.8, 4) is 5.75 Å². The van der Waals surface area contributed by atoms with Gasteiger partial charge in [0.2, 0.25) is 5.54 Å². The number of nitrogens with two attached hydrogens (primary N) is 1. The molecule has 0 radical (unpaired) electrons. The number of nitrogens with one attached hydrogen (secondary N) is 1. The zero-order valence-corrected chi connectivity index (χ0v) is 13.3. The van der Waals surface area contributed by atoms with Crippen molar-refractivity contribution < 1.29 is 18.7 Å². The Kier molecular flexibility index (Phi) is 4.53. The maximum atomic E-state index is 14.8. The lowest BCUT2D eigenvalue weighted by Gasteiger charge is -2.34. The van der Waals surface area contributed by atoms with E-state index in [0.29, 0.717) is 0 Å². The van der Waals surface area contributed by atoms with Crippen molar-refractivity contribution in [2.45, 2.75) is 5.54 Å². The molecule has 0 aliphatic carbocycles. The van der Waals surface area contributed by atoms with E-state index in [4.69, 9.17) is 38.4 Å². The smallest absolute Gasteiger partial charge is 0.342 e. The van der Waals surface area contributed by atoms with Crippen LogP contribution in [0, 0.1) is 5.82 Å². The highest BCUT2D eigenvalue weighted by molar-refractivity contribution is 6.34. The number of hydrogen-bond acceptors (Lipinski definition) is 5. The van der Waals surface area contributed by atoms with Crippen molar-refractivity contribution in [2.24, 2.45) is 5.73 Å². The van der Waals surface area contributed by atoms with Gasteiger partial charge in [-0.15, -0.1) is 0 Å². The van der Waals surface area contributed by atoms with E-state index >= 15 is 0 Å². The molecule has 1 aromatic rings. The highest BCUT2D eigenvalue weighted by Crippen LogP contribution is 2.42. The van der Waals surface area contributed by atoms with Gasteiger partial charge in [-0.05, 0) is 18.3 Å². The second kappa shape index (κ2) is 6.06. The van der Waals surface area contributed by atoms with E-state index in [-0.39, 0.29) is 27.1 Å². The maximum Gasteiger partial charge on any atom is 0.342 e. The second-order valence-electron chi connectivity index (χ2n) is 4.43. The van der Waals surface area contributed by atoms with E-state index in [9.17, 15) is 9.18 Å². The van der Waals surface area contributed by atoms with Crippen LogP contribution in [0.1, 0.15) is 5.56 Å². The molecule has 5 nitrogen and oxygen atoms in total. The van der Waals surface area contributed by atoms with E-state index in [1.165, 1.54) is 31.5 Å². The molecule has 118 valence electrons. The summed E-state index contributed by atoms with van der Waals surface area (Å²) < 4.78 is 24.5. The monoisotopic (exact) mass is 346 g/mol. The number of ether oxygens (including phenoxy) is 2. The third kappa shape index (κ3) is 2.28. The molecule has 0 spiro atoms. The van der Waals surface area contributed by atoms with E-state index < -0.39 is 17.3 Å². The average molecular weight is 347 g/mol. The first-order chi connectivity index (χ1) is 10.4. The Balaban J connectivity index is 2.79. The predicted octanol–water partition coefficient (Wildman–Crippen LogP) is 2.38. The van der Waals surface area contributed by atoms with Gasteiger partial charge in [0, 0.05) is 5.56 Å². The van der Waals surface area contributed by atoms with Gasteiger partial charge in [-0.2, -0.15) is 0 Å². The molecule has 0 bridgehead atoms. The fourth-order valence-corrected chi connectivity index (χ4v) is 2.75. The van der Waals surface area contributed by atoms with Gasteiger partial charge in [-0.1, -0.05) is 29.3 Å². The van der Waals surface area contributed by atoms with Crippen LogP contribution in [0.3, 0.4) is 0 Å². The summed E-state index contributed by atoms with van der Waals surface area (Å²) in [6, 6.07) is 2.71. The van der Waals surface area contributed by atoms with E-state index in [1.54, 1.807) is 0 Å². The molecule has 2 rings (SSSR count). The van der Waals surface area contributed by atoms with Crippen LogP contribution in [0.2, 0.25) is 5.02 Å². The molecule has 1 aromatic carbocycles. The maximum absolute atomic E-state index is 14.8. The fourth-order valence-electron chi connectivity index (χ4n) is 2.23. The zero-order chi connectivity index (χ0) is 16.5. The molecule has 1 atom stereocenters. The lowest BCUT2D eigenvalue weighted by atomic mass is 9.86. The van der Waals surface area contributed by atoms with Crippen LogP contribution in [0.4, 0.5) is 4.39 Å². The molecule has 1 unspecified atom stereocenters. The molecule has 1 aliphatic rings. The molecule has 0 amide bonds. The van der Waals surface area contributed by atoms with Gasteiger partial charge in [0.25, 0.3) is 0 Å². The molecule has 0 aromatic heterocycles. The molecule has 3 N–H and O–H groups in total. The van der Waals surface area contributed by atoms with E-state index in [2.05, 4.69) is 5.32 Å². The largest absolute Gasteiger partial charge is 0.492 e. The highest BCUT2D eigenvalue weighted by atomic mass is 35.5. The first kappa shape index (κ1) is 16.5.